The van der Waals surface area contributed by atoms with Gasteiger partial charge in [-0.15, -0.1) is 0 Å². The smallest absolute Gasteiger partial charge is 0.321 e. The van der Waals surface area contributed by atoms with E-state index in [0.29, 0.717) is 28.4 Å². The lowest BCUT2D eigenvalue weighted by Gasteiger charge is -2.25. The van der Waals surface area contributed by atoms with Crippen LogP contribution in [0.4, 0.5) is 10.5 Å². The molecule has 0 spiro atoms. The van der Waals surface area contributed by atoms with Crippen LogP contribution in [0.3, 0.4) is 0 Å². The number of hydrogen-bond donors (Lipinski definition) is 2. The topological polar surface area (TPSA) is 96.3 Å². The predicted octanol–water partition coefficient (Wildman–Crippen LogP) is 3.94. The van der Waals surface area contributed by atoms with Gasteiger partial charge in [0.25, 0.3) is 5.91 Å². The second-order valence-electron chi connectivity index (χ2n) is 7.93. The highest BCUT2D eigenvalue weighted by Crippen LogP contribution is 2.33. The lowest BCUT2D eigenvalue weighted by Crippen LogP contribution is -2.44. The number of rotatable bonds is 6. The van der Waals surface area contributed by atoms with E-state index in [1.807, 2.05) is 37.3 Å². The van der Waals surface area contributed by atoms with Gasteiger partial charge in [-0.05, 0) is 50.1 Å². The molecular formula is C24H24ClN5O3. The Bertz CT molecular complexity index is 1220. The minimum atomic E-state index is -1.23. The summed E-state index contributed by atoms with van der Waals surface area (Å²) in [5, 5.41) is 10.6. The van der Waals surface area contributed by atoms with Crippen LogP contribution in [0, 0.1) is 13.8 Å². The Morgan fingerprint density at radius 3 is 2.39 bits per heavy atom. The summed E-state index contributed by atoms with van der Waals surface area (Å²) in [4.78, 5) is 39.8. The molecular weight excluding hydrogens is 442 g/mol. The van der Waals surface area contributed by atoms with Crippen LogP contribution in [0.25, 0.3) is 5.69 Å². The fourth-order valence-electron chi connectivity index (χ4n) is 4.11. The number of imide groups is 1. The summed E-state index contributed by atoms with van der Waals surface area (Å²) in [7, 11) is 0. The summed E-state index contributed by atoms with van der Waals surface area (Å²) >= 11 is 5.97. The van der Waals surface area contributed by atoms with Crippen LogP contribution in [0.15, 0.2) is 54.6 Å². The van der Waals surface area contributed by atoms with Crippen molar-refractivity contribution in [2.24, 2.45) is 0 Å². The summed E-state index contributed by atoms with van der Waals surface area (Å²) in [5.41, 5.74) is 2.18. The van der Waals surface area contributed by atoms with Gasteiger partial charge in [0.05, 0.1) is 22.8 Å². The average Bonchev–Trinajstić information content (AvgIpc) is 3.23. The van der Waals surface area contributed by atoms with Crippen molar-refractivity contribution in [3.8, 4) is 5.69 Å². The summed E-state index contributed by atoms with van der Waals surface area (Å²) < 4.78 is 1.74. The summed E-state index contributed by atoms with van der Waals surface area (Å²) in [6.45, 7) is 5.04. The van der Waals surface area contributed by atoms with E-state index >= 15 is 0 Å². The molecule has 2 N–H and O–H groups in total. The Morgan fingerprint density at radius 1 is 1.09 bits per heavy atom. The number of para-hydroxylation sites is 1. The average molecular weight is 466 g/mol. The quantitative estimate of drug-likeness (QED) is 0.539. The molecule has 9 heteroatoms. The lowest BCUT2D eigenvalue weighted by molar-refractivity contribution is -0.134. The maximum atomic E-state index is 13.3. The SMILES string of the molecule is CCC1(c2ccc(Cl)cc2)NC(=O)N(CC(=O)Nc2c(C)nn(-c3ccccc3)c2C)C1=O. The molecule has 3 aromatic rings. The summed E-state index contributed by atoms with van der Waals surface area (Å²) in [6.07, 6.45) is 0.333. The second-order valence-corrected chi connectivity index (χ2v) is 8.37. The van der Waals surface area contributed by atoms with Crippen molar-refractivity contribution in [1.82, 2.24) is 20.0 Å². The number of urea groups is 1. The largest absolute Gasteiger partial charge is 0.325 e. The zero-order valence-electron chi connectivity index (χ0n) is 18.6. The fourth-order valence-corrected chi connectivity index (χ4v) is 4.24. The number of carbonyl (C=O) groups excluding carboxylic acids is 3. The van der Waals surface area contributed by atoms with Crippen LogP contribution in [0.1, 0.15) is 30.3 Å². The molecule has 4 amide bonds. The Balaban J connectivity index is 1.54. The van der Waals surface area contributed by atoms with Gasteiger partial charge < -0.3 is 10.6 Å². The molecule has 0 saturated carbocycles. The van der Waals surface area contributed by atoms with Gasteiger partial charge in [0.2, 0.25) is 5.91 Å². The van der Waals surface area contributed by atoms with Crippen LogP contribution in [-0.4, -0.2) is 39.1 Å². The summed E-state index contributed by atoms with van der Waals surface area (Å²) in [6, 6.07) is 15.7. The van der Waals surface area contributed by atoms with Gasteiger partial charge in [-0.3, -0.25) is 14.5 Å². The molecule has 1 atom stereocenters. The third-order valence-corrected chi connectivity index (χ3v) is 6.15. The molecule has 33 heavy (non-hydrogen) atoms. The van der Waals surface area contributed by atoms with E-state index in [1.54, 1.807) is 42.8 Å². The van der Waals surface area contributed by atoms with Crippen molar-refractivity contribution >= 4 is 35.1 Å². The zero-order chi connectivity index (χ0) is 23.8. The molecule has 1 aliphatic heterocycles. The van der Waals surface area contributed by atoms with E-state index in [1.165, 1.54) is 0 Å². The molecule has 0 aliphatic carbocycles. The highest BCUT2D eigenvalue weighted by Gasteiger charge is 2.51. The Morgan fingerprint density at radius 2 is 1.76 bits per heavy atom. The van der Waals surface area contributed by atoms with E-state index in [9.17, 15) is 14.4 Å². The molecule has 8 nitrogen and oxygen atoms in total. The number of hydrogen-bond acceptors (Lipinski definition) is 4. The van der Waals surface area contributed by atoms with Gasteiger partial charge in [-0.1, -0.05) is 48.9 Å². The Labute approximate surface area is 196 Å². The van der Waals surface area contributed by atoms with Crippen molar-refractivity contribution in [3.63, 3.8) is 0 Å². The Kier molecular flexibility index (Phi) is 5.95. The van der Waals surface area contributed by atoms with Crippen LogP contribution in [-0.2, 0) is 15.1 Å². The van der Waals surface area contributed by atoms with Crippen molar-refractivity contribution in [2.45, 2.75) is 32.7 Å². The number of nitrogens with one attached hydrogen (secondary N) is 2. The third kappa shape index (κ3) is 3.98. The number of benzene rings is 2. The van der Waals surface area contributed by atoms with Gasteiger partial charge in [-0.2, -0.15) is 5.10 Å². The zero-order valence-corrected chi connectivity index (χ0v) is 19.3. The van der Waals surface area contributed by atoms with Crippen molar-refractivity contribution < 1.29 is 14.4 Å². The van der Waals surface area contributed by atoms with Crippen molar-refractivity contribution in [2.75, 3.05) is 11.9 Å². The van der Waals surface area contributed by atoms with E-state index in [2.05, 4.69) is 15.7 Å². The first-order chi connectivity index (χ1) is 15.8. The first-order valence-electron chi connectivity index (χ1n) is 10.6. The van der Waals surface area contributed by atoms with E-state index in [0.717, 1.165) is 16.3 Å². The maximum Gasteiger partial charge on any atom is 0.325 e. The highest BCUT2D eigenvalue weighted by molar-refractivity contribution is 6.30. The molecule has 1 aliphatic rings. The number of aromatic nitrogens is 2. The third-order valence-electron chi connectivity index (χ3n) is 5.90. The molecule has 170 valence electrons. The molecule has 1 unspecified atom stereocenters. The molecule has 1 fully saturated rings. The van der Waals surface area contributed by atoms with Gasteiger partial charge in [0.1, 0.15) is 12.1 Å². The number of anilines is 1. The molecule has 4 rings (SSSR count). The van der Waals surface area contributed by atoms with Crippen LogP contribution >= 0.6 is 11.6 Å². The number of aryl methyl sites for hydroxylation is 1. The maximum absolute atomic E-state index is 13.3. The number of halogens is 1. The Hall–Kier alpha value is -3.65. The van der Waals surface area contributed by atoms with Crippen LogP contribution in [0.5, 0.6) is 0 Å². The predicted molar refractivity (Wildman–Crippen MR) is 125 cm³/mol. The standard InChI is InChI=1S/C24H24ClN5O3/c1-4-24(17-10-12-18(25)13-11-17)22(32)29(23(33)27-24)14-20(31)26-21-15(2)28-30(16(21)3)19-8-6-5-7-9-19/h5-13H,4,14H2,1-3H3,(H,26,31)(H,27,33). The number of amides is 4. The number of nitrogens with zero attached hydrogens (tertiary/aromatic N) is 3. The molecule has 2 aromatic carbocycles. The molecule has 0 bridgehead atoms. The molecule has 2 heterocycles. The first-order valence-corrected chi connectivity index (χ1v) is 11.0. The van der Waals surface area contributed by atoms with E-state index < -0.39 is 29.9 Å². The van der Waals surface area contributed by atoms with E-state index in [-0.39, 0.29) is 0 Å². The van der Waals surface area contributed by atoms with Gasteiger partial charge in [0, 0.05) is 5.02 Å². The van der Waals surface area contributed by atoms with Crippen molar-refractivity contribution in [3.05, 3.63) is 76.6 Å². The van der Waals surface area contributed by atoms with Crippen molar-refractivity contribution in [1.29, 1.82) is 0 Å². The second kappa shape index (κ2) is 8.71. The highest BCUT2D eigenvalue weighted by atomic mass is 35.5. The molecule has 1 saturated heterocycles. The van der Waals surface area contributed by atoms with Gasteiger partial charge in [0.15, 0.2) is 0 Å². The van der Waals surface area contributed by atoms with Gasteiger partial charge in [-0.25, -0.2) is 9.48 Å². The molecule has 1 aromatic heterocycles. The minimum absolute atomic E-state index is 0.333. The number of carbonyl (C=O) groups is 3. The fraction of sp³-hybridized carbons (Fsp3) is 0.250. The van der Waals surface area contributed by atoms with E-state index in [4.69, 9.17) is 11.6 Å². The van der Waals surface area contributed by atoms with Gasteiger partial charge >= 0.3 is 6.03 Å². The normalized spacial score (nSPS) is 17.9. The monoisotopic (exact) mass is 465 g/mol. The van der Waals surface area contributed by atoms with Crippen LogP contribution < -0.4 is 10.6 Å². The van der Waals surface area contributed by atoms with Crippen LogP contribution in [0.2, 0.25) is 5.02 Å². The summed E-state index contributed by atoms with van der Waals surface area (Å²) in [5.74, 6) is -0.957. The first kappa shape index (κ1) is 22.5. The minimum Gasteiger partial charge on any atom is -0.321 e. The molecule has 0 radical (unpaired) electrons. The lowest BCUT2D eigenvalue weighted by atomic mass is 9.87.